The zero-order valence-electron chi connectivity index (χ0n) is 15.4. The van der Waals surface area contributed by atoms with Crippen LogP contribution in [0.25, 0.3) is 0 Å². The first-order valence-electron chi connectivity index (χ1n) is 9.73. The maximum Gasteiger partial charge on any atom is 0.303 e. The Labute approximate surface area is 151 Å². The van der Waals surface area contributed by atoms with Gasteiger partial charge in [-0.05, 0) is 25.7 Å². The van der Waals surface area contributed by atoms with E-state index < -0.39 is 18.2 Å². The van der Waals surface area contributed by atoms with Gasteiger partial charge in [-0.2, -0.15) is 0 Å². The molecule has 0 aromatic carbocycles. The zero-order valence-corrected chi connectivity index (χ0v) is 15.4. The van der Waals surface area contributed by atoms with Crippen LogP contribution in [0.3, 0.4) is 0 Å². The SMILES string of the molecule is CCCCCCC[C@H](O)[C@H]1C(O)CC(=O)[C@@H]1C/C=C\CCCC(=O)O. The first kappa shape index (κ1) is 21.8. The maximum atomic E-state index is 12.1. The molecule has 25 heavy (non-hydrogen) atoms. The Bertz CT molecular complexity index is 432. The van der Waals surface area contributed by atoms with Crippen LogP contribution < -0.4 is 0 Å². The maximum absolute atomic E-state index is 12.1. The number of carbonyl (C=O) groups excluding carboxylic acids is 1. The van der Waals surface area contributed by atoms with Crippen molar-refractivity contribution in [1.82, 2.24) is 0 Å². The van der Waals surface area contributed by atoms with E-state index in [9.17, 15) is 19.8 Å². The Kier molecular flexibility index (Phi) is 10.7. The number of aliphatic carboxylic acids is 1. The number of hydrogen-bond donors (Lipinski definition) is 3. The summed E-state index contributed by atoms with van der Waals surface area (Å²) in [5.74, 6) is -1.47. The van der Waals surface area contributed by atoms with Crippen molar-refractivity contribution in [3.8, 4) is 0 Å². The molecule has 0 heterocycles. The highest BCUT2D eigenvalue weighted by molar-refractivity contribution is 5.84. The first-order chi connectivity index (χ1) is 12.0. The standard InChI is InChI=1S/C20H34O5/c1-2-3-4-5-9-12-16(21)20-15(17(22)14-18(20)23)11-8-6-7-10-13-19(24)25/h6,8,15-16,18,20-21,23H,2-5,7,9-14H2,1H3,(H,24,25)/b8-6-/t15-,16-,18?,20-/m0/s1. The Morgan fingerprint density at radius 1 is 1.20 bits per heavy atom. The van der Waals surface area contributed by atoms with Crippen LogP contribution in [0.2, 0.25) is 0 Å². The van der Waals surface area contributed by atoms with Gasteiger partial charge in [0.05, 0.1) is 12.2 Å². The minimum absolute atomic E-state index is 0.0257. The number of carboxylic acids is 1. The van der Waals surface area contributed by atoms with Gasteiger partial charge in [-0.25, -0.2) is 0 Å². The predicted octanol–water partition coefficient (Wildman–Crippen LogP) is 3.48. The Morgan fingerprint density at radius 3 is 2.60 bits per heavy atom. The summed E-state index contributed by atoms with van der Waals surface area (Å²) >= 11 is 0. The lowest BCUT2D eigenvalue weighted by molar-refractivity contribution is -0.137. The fourth-order valence-electron chi connectivity index (χ4n) is 3.67. The number of aliphatic hydroxyl groups is 2. The highest BCUT2D eigenvalue weighted by Gasteiger charge is 2.44. The van der Waals surface area contributed by atoms with Gasteiger partial charge in [0.25, 0.3) is 0 Å². The number of rotatable bonds is 13. The quantitative estimate of drug-likeness (QED) is 0.348. The number of allylic oxidation sites excluding steroid dienone is 2. The highest BCUT2D eigenvalue weighted by atomic mass is 16.4. The van der Waals surface area contributed by atoms with Gasteiger partial charge in [-0.3, -0.25) is 9.59 Å². The van der Waals surface area contributed by atoms with Crippen molar-refractivity contribution >= 4 is 11.8 Å². The van der Waals surface area contributed by atoms with E-state index in [1.54, 1.807) is 0 Å². The second kappa shape index (κ2) is 12.2. The van der Waals surface area contributed by atoms with E-state index >= 15 is 0 Å². The summed E-state index contributed by atoms with van der Waals surface area (Å²) in [6.45, 7) is 2.16. The molecule has 0 saturated heterocycles. The van der Waals surface area contributed by atoms with Gasteiger partial charge in [0.15, 0.2) is 0 Å². The van der Waals surface area contributed by atoms with E-state index in [4.69, 9.17) is 5.11 Å². The summed E-state index contributed by atoms with van der Waals surface area (Å²) in [7, 11) is 0. The minimum Gasteiger partial charge on any atom is -0.481 e. The van der Waals surface area contributed by atoms with Gasteiger partial charge >= 0.3 is 5.97 Å². The molecule has 0 radical (unpaired) electrons. The molecule has 0 aromatic rings. The number of unbranched alkanes of at least 4 members (excludes halogenated alkanes) is 5. The molecule has 0 amide bonds. The smallest absolute Gasteiger partial charge is 0.303 e. The number of ketones is 1. The van der Waals surface area contributed by atoms with E-state index in [0.29, 0.717) is 25.7 Å². The van der Waals surface area contributed by atoms with Gasteiger partial charge in [0.1, 0.15) is 5.78 Å². The molecule has 1 aliphatic rings. The van der Waals surface area contributed by atoms with Crippen LogP contribution >= 0.6 is 0 Å². The van der Waals surface area contributed by atoms with Gasteiger partial charge in [-0.15, -0.1) is 0 Å². The summed E-state index contributed by atoms with van der Waals surface area (Å²) in [4.78, 5) is 22.6. The third-order valence-corrected chi connectivity index (χ3v) is 5.10. The van der Waals surface area contributed by atoms with Crippen LogP contribution in [0.4, 0.5) is 0 Å². The molecule has 1 unspecified atom stereocenters. The largest absolute Gasteiger partial charge is 0.481 e. The predicted molar refractivity (Wildman–Crippen MR) is 97.2 cm³/mol. The molecule has 3 N–H and O–H groups in total. The number of carbonyl (C=O) groups is 2. The highest BCUT2D eigenvalue weighted by Crippen LogP contribution is 2.36. The fourth-order valence-corrected chi connectivity index (χ4v) is 3.67. The van der Waals surface area contributed by atoms with Crippen LogP contribution in [0, 0.1) is 11.8 Å². The van der Waals surface area contributed by atoms with E-state index in [1.807, 2.05) is 12.2 Å². The number of aliphatic hydroxyl groups excluding tert-OH is 2. The third kappa shape index (κ3) is 8.15. The van der Waals surface area contributed by atoms with Gasteiger partial charge in [0, 0.05) is 24.7 Å². The second-order valence-corrected chi connectivity index (χ2v) is 7.18. The topological polar surface area (TPSA) is 94.8 Å². The summed E-state index contributed by atoms with van der Waals surface area (Å²) in [5.41, 5.74) is 0. The molecule has 0 bridgehead atoms. The van der Waals surface area contributed by atoms with Crippen LogP contribution in [0.15, 0.2) is 12.2 Å². The molecular formula is C20H34O5. The zero-order chi connectivity index (χ0) is 18.7. The minimum atomic E-state index is -0.801. The Hall–Kier alpha value is -1.20. The van der Waals surface area contributed by atoms with Crippen molar-refractivity contribution < 1.29 is 24.9 Å². The lowest BCUT2D eigenvalue weighted by atomic mass is 9.84. The average molecular weight is 354 g/mol. The summed E-state index contributed by atoms with van der Waals surface area (Å²) in [6.07, 6.45) is 10.6. The van der Waals surface area contributed by atoms with Gasteiger partial charge in [0.2, 0.25) is 0 Å². The Balaban J connectivity index is 2.42. The molecule has 1 fully saturated rings. The van der Waals surface area contributed by atoms with Gasteiger partial charge < -0.3 is 15.3 Å². The molecule has 0 aliphatic heterocycles. The van der Waals surface area contributed by atoms with E-state index in [0.717, 1.165) is 19.3 Å². The van der Waals surface area contributed by atoms with Crippen molar-refractivity contribution in [3.63, 3.8) is 0 Å². The lowest BCUT2D eigenvalue weighted by Gasteiger charge is -2.25. The summed E-state index contributed by atoms with van der Waals surface area (Å²) < 4.78 is 0. The summed E-state index contributed by atoms with van der Waals surface area (Å²) in [5, 5.41) is 29.2. The number of carboxylic acid groups (broad SMARTS) is 1. The van der Waals surface area contributed by atoms with Gasteiger partial charge in [-0.1, -0.05) is 51.2 Å². The van der Waals surface area contributed by atoms with Crippen molar-refractivity contribution in [2.24, 2.45) is 11.8 Å². The van der Waals surface area contributed by atoms with Crippen LogP contribution in [0.1, 0.15) is 77.6 Å². The van der Waals surface area contributed by atoms with Crippen molar-refractivity contribution in [2.75, 3.05) is 0 Å². The average Bonchev–Trinajstić information content (AvgIpc) is 2.83. The van der Waals surface area contributed by atoms with Crippen molar-refractivity contribution in [2.45, 2.75) is 89.8 Å². The van der Waals surface area contributed by atoms with E-state index in [-0.39, 0.29) is 30.5 Å². The first-order valence-corrected chi connectivity index (χ1v) is 9.73. The lowest BCUT2D eigenvalue weighted by Crippen LogP contribution is -2.32. The van der Waals surface area contributed by atoms with Crippen LogP contribution in [0.5, 0.6) is 0 Å². The van der Waals surface area contributed by atoms with E-state index in [1.165, 1.54) is 12.8 Å². The molecule has 4 atom stereocenters. The normalized spacial score (nSPS) is 24.9. The molecule has 1 rings (SSSR count). The van der Waals surface area contributed by atoms with Crippen LogP contribution in [-0.4, -0.2) is 39.3 Å². The molecule has 1 aliphatic carbocycles. The second-order valence-electron chi connectivity index (χ2n) is 7.18. The molecule has 0 aromatic heterocycles. The van der Waals surface area contributed by atoms with Crippen molar-refractivity contribution in [3.05, 3.63) is 12.2 Å². The molecule has 5 heteroatoms. The Morgan fingerprint density at radius 2 is 1.92 bits per heavy atom. The molecule has 1 saturated carbocycles. The van der Waals surface area contributed by atoms with Crippen LogP contribution in [-0.2, 0) is 9.59 Å². The summed E-state index contributed by atoms with van der Waals surface area (Å²) in [6, 6.07) is 0. The fraction of sp³-hybridized carbons (Fsp3) is 0.800. The number of hydrogen-bond acceptors (Lipinski definition) is 4. The van der Waals surface area contributed by atoms with E-state index in [2.05, 4.69) is 6.92 Å². The van der Waals surface area contributed by atoms with Crippen molar-refractivity contribution in [1.29, 1.82) is 0 Å². The monoisotopic (exact) mass is 354 g/mol. The molecular weight excluding hydrogens is 320 g/mol. The molecule has 0 spiro atoms. The molecule has 5 nitrogen and oxygen atoms in total. The third-order valence-electron chi connectivity index (χ3n) is 5.10. The molecule has 144 valence electrons. The number of Topliss-reactive ketones (excluding diaryl/α,β-unsaturated/α-hetero) is 1.